The summed E-state index contributed by atoms with van der Waals surface area (Å²) in [6.07, 6.45) is -0.253. The smallest absolute Gasteiger partial charge is 0.308 e. The van der Waals surface area contributed by atoms with E-state index in [9.17, 15) is 9.59 Å². The van der Waals surface area contributed by atoms with Crippen molar-refractivity contribution in [2.75, 3.05) is 26.8 Å². The molecule has 1 aromatic rings. The number of benzene rings is 1. The predicted molar refractivity (Wildman–Crippen MR) is 78.7 cm³/mol. The first-order valence-corrected chi connectivity index (χ1v) is 7.20. The largest absolute Gasteiger partial charge is 0.469 e. The fourth-order valence-electron chi connectivity index (χ4n) is 2.14. The SMILES string of the molecule is COC(=O)CC1CN(C(=O)c2cccc(Cl)c2Cl)CCO1. The van der Waals surface area contributed by atoms with Crippen LogP contribution < -0.4 is 0 Å². The Morgan fingerprint density at radius 3 is 2.90 bits per heavy atom. The van der Waals surface area contributed by atoms with Gasteiger partial charge < -0.3 is 14.4 Å². The average molecular weight is 332 g/mol. The van der Waals surface area contributed by atoms with Crippen LogP contribution in [0.1, 0.15) is 16.8 Å². The molecule has 1 saturated heterocycles. The van der Waals surface area contributed by atoms with E-state index in [1.54, 1.807) is 23.1 Å². The van der Waals surface area contributed by atoms with E-state index in [1.807, 2.05) is 0 Å². The average Bonchev–Trinajstić information content (AvgIpc) is 2.49. The van der Waals surface area contributed by atoms with Crippen molar-refractivity contribution in [2.24, 2.45) is 0 Å². The Bertz CT molecular complexity index is 550. The van der Waals surface area contributed by atoms with Gasteiger partial charge in [-0.3, -0.25) is 9.59 Å². The quantitative estimate of drug-likeness (QED) is 0.798. The third kappa shape index (κ3) is 3.87. The second kappa shape index (κ2) is 7.11. The van der Waals surface area contributed by atoms with Crippen LogP contribution in [0.25, 0.3) is 0 Å². The van der Waals surface area contributed by atoms with Crippen molar-refractivity contribution < 1.29 is 19.1 Å². The van der Waals surface area contributed by atoms with Gasteiger partial charge in [-0.1, -0.05) is 29.3 Å². The van der Waals surface area contributed by atoms with E-state index in [4.69, 9.17) is 27.9 Å². The number of nitrogens with zero attached hydrogens (tertiary/aromatic N) is 1. The Hall–Kier alpha value is -1.30. The van der Waals surface area contributed by atoms with Crippen LogP contribution >= 0.6 is 23.2 Å². The van der Waals surface area contributed by atoms with Gasteiger partial charge >= 0.3 is 5.97 Å². The molecule has 0 spiro atoms. The van der Waals surface area contributed by atoms with Gasteiger partial charge in [0.05, 0.1) is 41.9 Å². The number of ether oxygens (including phenoxy) is 2. The van der Waals surface area contributed by atoms with Crippen molar-refractivity contribution in [2.45, 2.75) is 12.5 Å². The van der Waals surface area contributed by atoms with Gasteiger partial charge in [0.25, 0.3) is 5.91 Å². The second-order valence-corrected chi connectivity index (χ2v) is 5.41. The maximum atomic E-state index is 12.5. The molecule has 1 heterocycles. The molecule has 7 heteroatoms. The first kappa shape index (κ1) is 16.1. The molecule has 2 rings (SSSR count). The summed E-state index contributed by atoms with van der Waals surface area (Å²) in [4.78, 5) is 25.4. The lowest BCUT2D eigenvalue weighted by Crippen LogP contribution is -2.46. The molecular weight excluding hydrogens is 317 g/mol. The fourth-order valence-corrected chi connectivity index (χ4v) is 2.52. The minimum Gasteiger partial charge on any atom is -0.469 e. The molecule has 0 aliphatic carbocycles. The van der Waals surface area contributed by atoms with Crippen molar-refractivity contribution in [3.63, 3.8) is 0 Å². The summed E-state index contributed by atoms with van der Waals surface area (Å²) in [6, 6.07) is 4.93. The summed E-state index contributed by atoms with van der Waals surface area (Å²) < 4.78 is 10.1. The van der Waals surface area contributed by atoms with E-state index in [-0.39, 0.29) is 29.4 Å². The van der Waals surface area contributed by atoms with E-state index < -0.39 is 0 Å². The Kier molecular flexibility index (Phi) is 5.45. The summed E-state index contributed by atoms with van der Waals surface area (Å²) >= 11 is 12.0. The van der Waals surface area contributed by atoms with Crippen LogP contribution in [0.3, 0.4) is 0 Å². The highest BCUT2D eigenvalue weighted by Gasteiger charge is 2.28. The normalized spacial score (nSPS) is 18.4. The van der Waals surface area contributed by atoms with Gasteiger partial charge in [0.1, 0.15) is 0 Å². The highest BCUT2D eigenvalue weighted by molar-refractivity contribution is 6.43. The van der Waals surface area contributed by atoms with Gasteiger partial charge in [-0.2, -0.15) is 0 Å². The molecule has 1 aliphatic heterocycles. The zero-order chi connectivity index (χ0) is 15.4. The van der Waals surface area contributed by atoms with Crippen LogP contribution in [0.4, 0.5) is 0 Å². The minimum atomic E-state index is -0.367. The van der Waals surface area contributed by atoms with E-state index in [2.05, 4.69) is 4.74 Å². The number of methoxy groups -OCH3 is 1. The lowest BCUT2D eigenvalue weighted by molar-refractivity contribution is -0.145. The lowest BCUT2D eigenvalue weighted by Gasteiger charge is -2.32. The van der Waals surface area contributed by atoms with Crippen molar-refractivity contribution in [1.82, 2.24) is 4.90 Å². The highest BCUT2D eigenvalue weighted by atomic mass is 35.5. The number of halogens is 2. The van der Waals surface area contributed by atoms with Gasteiger partial charge in [-0.05, 0) is 12.1 Å². The minimum absolute atomic E-state index is 0.115. The Balaban J connectivity index is 2.08. The molecule has 5 nitrogen and oxygen atoms in total. The van der Waals surface area contributed by atoms with E-state index in [0.29, 0.717) is 30.3 Å². The predicted octanol–water partition coefficient (Wildman–Crippen LogP) is 2.40. The summed E-state index contributed by atoms with van der Waals surface area (Å²) in [7, 11) is 1.32. The van der Waals surface area contributed by atoms with Crippen molar-refractivity contribution >= 4 is 35.1 Å². The fraction of sp³-hybridized carbons (Fsp3) is 0.429. The molecule has 1 aromatic carbocycles. The van der Waals surface area contributed by atoms with Crippen LogP contribution in [-0.4, -0.2) is 49.7 Å². The molecule has 114 valence electrons. The third-order valence-electron chi connectivity index (χ3n) is 3.23. The monoisotopic (exact) mass is 331 g/mol. The molecule has 0 aromatic heterocycles. The molecule has 1 aliphatic rings. The molecule has 1 unspecified atom stereocenters. The molecule has 1 amide bonds. The topological polar surface area (TPSA) is 55.8 Å². The first-order chi connectivity index (χ1) is 10.0. The zero-order valence-corrected chi connectivity index (χ0v) is 13.0. The Labute approximate surface area is 132 Å². The van der Waals surface area contributed by atoms with Crippen LogP contribution in [0.15, 0.2) is 18.2 Å². The number of hydrogen-bond donors (Lipinski definition) is 0. The van der Waals surface area contributed by atoms with E-state index in [0.717, 1.165) is 0 Å². The summed E-state index contributed by atoms with van der Waals surface area (Å²) in [5, 5.41) is 0.571. The van der Waals surface area contributed by atoms with Crippen LogP contribution in [0.5, 0.6) is 0 Å². The molecular formula is C14H15Cl2NO4. The number of carbonyl (C=O) groups is 2. The molecule has 0 bridgehead atoms. The van der Waals surface area contributed by atoms with Gasteiger partial charge in [0.2, 0.25) is 0 Å². The van der Waals surface area contributed by atoms with Gasteiger partial charge in [0.15, 0.2) is 0 Å². The molecule has 0 N–H and O–H groups in total. The van der Waals surface area contributed by atoms with Gasteiger partial charge in [-0.15, -0.1) is 0 Å². The summed E-state index contributed by atoms with van der Waals surface area (Å²) in [5.74, 6) is -0.587. The van der Waals surface area contributed by atoms with Crippen LogP contribution in [0, 0.1) is 0 Å². The van der Waals surface area contributed by atoms with Crippen molar-refractivity contribution in [1.29, 1.82) is 0 Å². The summed E-state index contributed by atoms with van der Waals surface area (Å²) in [6.45, 7) is 1.13. The second-order valence-electron chi connectivity index (χ2n) is 4.63. The Morgan fingerprint density at radius 2 is 2.19 bits per heavy atom. The molecule has 1 atom stereocenters. The molecule has 1 fully saturated rings. The highest BCUT2D eigenvalue weighted by Crippen LogP contribution is 2.27. The standard InChI is InChI=1S/C14H15Cl2NO4/c1-20-12(18)7-9-8-17(5-6-21-9)14(19)10-3-2-4-11(15)13(10)16/h2-4,9H,5-8H2,1H3. The van der Waals surface area contributed by atoms with Gasteiger partial charge in [0, 0.05) is 13.1 Å². The molecule has 0 radical (unpaired) electrons. The van der Waals surface area contributed by atoms with Crippen LogP contribution in [0.2, 0.25) is 10.0 Å². The number of carbonyl (C=O) groups excluding carboxylic acids is 2. The number of amides is 1. The number of morpholine rings is 1. The number of rotatable bonds is 3. The molecule has 21 heavy (non-hydrogen) atoms. The molecule has 0 saturated carbocycles. The van der Waals surface area contributed by atoms with Gasteiger partial charge in [-0.25, -0.2) is 0 Å². The zero-order valence-electron chi connectivity index (χ0n) is 11.5. The first-order valence-electron chi connectivity index (χ1n) is 6.44. The van der Waals surface area contributed by atoms with Crippen molar-refractivity contribution in [3.05, 3.63) is 33.8 Å². The lowest BCUT2D eigenvalue weighted by atomic mass is 10.1. The summed E-state index contributed by atoms with van der Waals surface area (Å²) in [5.41, 5.74) is 0.350. The van der Waals surface area contributed by atoms with E-state index >= 15 is 0 Å². The van der Waals surface area contributed by atoms with Crippen molar-refractivity contribution in [3.8, 4) is 0 Å². The number of hydrogen-bond acceptors (Lipinski definition) is 4. The maximum absolute atomic E-state index is 12.5. The Morgan fingerprint density at radius 1 is 1.43 bits per heavy atom. The third-order valence-corrected chi connectivity index (χ3v) is 4.05. The maximum Gasteiger partial charge on any atom is 0.308 e. The van der Waals surface area contributed by atoms with Crippen LogP contribution in [-0.2, 0) is 14.3 Å². The van der Waals surface area contributed by atoms with E-state index in [1.165, 1.54) is 7.11 Å². The number of esters is 1.